The van der Waals surface area contributed by atoms with Crippen LogP contribution in [0.2, 0.25) is 0 Å². The Hall–Kier alpha value is -3.37. The summed E-state index contributed by atoms with van der Waals surface area (Å²) in [7, 11) is 1.93. The minimum atomic E-state index is 0.0923. The Morgan fingerprint density at radius 1 is 1.32 bits per heavy atom. The van der Waals surface area contributed by atoms with Crippen LogP contribution in [0.1, 0.15) is 22.7 Å². The van der Waals surface area contributed by atoms with Crippen LogP contribution < -0.4 is 16.0 Å². The number of anilines is 2. The van der Waals surface area contributed by atoms with Gasteiger partial charge in [-0.05, 0) is 42.8 Å². The number of nitriles is 1. The fraction of sp³-hybridized carbons (Fsp3) is 0.286. The summed E-state index contributed by atoms with van der Waals surface area (Å²) in [5, 5.41) is 24.0. The maximum atomic E-state index is 8.93. The van der Waals surface area contributed by atoms with Crippen molar-refractivity contribution in [3.8, 4) is 6.07 Å². The highest BCUT2D eigenvalue weighted by molar-refractivity contribution is 5.67. The average molecular weight is 373 g/mol. The number of aromatic nitrogens is 3. The molecule has 0 bridgehead atoms. The fourth-order valence-electron chi connectivity index (χ4n) is 3.52. The summed E-state index contributed by atoms with van der Waals surface area (Å²) in [5.41, 5.74) is 4.06. The van der Waals surface area contributed by atoms with Gasteiger partial charge in [0.1, 0.15) is 5.82 Å². The molecule has 2 aromatic heterocycles. The Morgan fingerprint density at radius 3 is 2.93 bits per heavy atom. The molecular weight excluding hydrogens is 350 g/mol. The van der Waals surface area contributed by atoms with Gasteiger partial charge in [0.25, 0.3) is 0 Å². The zero-order valence-electron chi connectivity index (χ0n) is 15.8. The minimum Gasteiger partial charge on any atom is -0.380 e. The molecule has 4 rings (SSSR count). The number of hydrogen-bond acceptors (Lipinski definition) is 6. The van der Waals surface area contributed by atoms with Gasteiger partial charge in [-0.1, -0.05) is 12.1 Å². The molecule has 0 spiro atoms. The van der Waals surface area contributed by atoms with E-state index in [1.807, 2.05) is 54.3 Å². The van der Waals surface area contributed by atoms with Gasteiger partial charge in [0, 0.05) is 31.5 Å². The van der Waals surface area contributed by atoms with Crippen LogP contribution in [0.4, 0.5) is 11.5 Å². The maximum Gasteiger partial charge on any atom is 0.149 e. The van der Waals surface area contributed by atoms with Gasteiger partial charge in [-0.2, -0.15) is 10.4 Å². The first-order chi connectivity index (χ1) is 13.7. The predicted octanol–water partition coefficient (Wildman–Crippen LogP) is 2.47. The lowest BCUT2D eigenvalue weighted by Crippen LogP contribution is -2.44. The second-order valence-corrected chi connectivity index (χ2v) is 6.97. The van der Waals surface area contributed by atoms with E-state index in [1.54, 1.807) is 6.20 Å². The highest BCUT2D eigenvalue weighted by Gasteiger charge is 2.28. The molecule has 7 heteroatoms. The molecule has 3 aromatic rings. The number of nitrogens with one attached hydrogen (secondary N) is 3. The molecule has 1 aliphatic rings. The number of rotatable bonds is 6. The fourth-order valence-corrected chi connectivity index (χ4v) is 3.52. The molecule has 0 radical (unpaired) electrons. The molecule has 0 unspecified atom stereocenters. The van der Waals surface area contributed by atoms with Gasteiger partial charge in [0.05, 0.1) is 35.6 Å². The zero-order valence-corrected chi connectivity index (χ0v) is 15.8. The van der Waals surface area contributed by atoms with Gasteiger partial charge in [0.15, 0.2) is 0 Å². The summed E-state index contributed by atoms with van der Waals surface area (Å²) >= 11 is 0. The third-order valence-electron chi connectivity index (χ3n) is 4.99. The molecule has 2 atom stereocenters. The minimum absolute atomic E-state index is 0.0923. The number of pyridine rings is 1. The zero-order chi connectivity index (χ0) is 19.3. The Balaban J connectivity index is 1.46. The van der Waals surface area contributed by atoms with Crippen molar-refractivity contribution in [3.63, 3.8) is 0 Å². The van der Waals surface area contributed by atoms with Gasteiger partial charge >= 0.3 is 0 Å². The third kappa shape index (κ3) is 3.97. The van der Waals surface area contributed by atoms with Crippen LogP contribution in [0.3, 0.4) is 0 Å². The van der Waals surface area contributed by atoms with Gasteiger partial charge < -0.3 is 16.0 Å². The van der Waals surface area contributed by atoms with Crippen LogP contribution in [-0.4, -0.2) is 33.9 Å². The first-order valence-corrected chi connectivity index (χ1v) is 9.39. The van der Waals surface area contributed by atoms with Gasteiger partial charge in [-0.25, -0.2) is 4.98 Å². The van der Waals surface area contributed by atoms with E-state index in [4.69, 9.17) is 5.26 Å². The molecule has 0 aliphatic carbocycles. The van der Waals surface area contributed by atoms with E-state index in [0.29, 0.717) is 5.56 Å². The van der Waals surface area contributed by atoms with Crippen molar-refractivity contribution in [2.45, 2.75) is 18.5 Å². The number of aryl methyl sites for hydroxylation is 1. The van der Waals surface area contributed by atoms with Gasteiger partial charge in [0.2, 0.25) is 0 Å². The smallest absolute Gasteiger partial charge is 0.149 e. The lowest BCUT2D eigenvalue weighted by atomic mass is 10.00. The SMILES string of the molecule is Cn1cc([C@@H](NCCc2ccc(C#N)cc2)[C@H]2CNc3cccnc3N2)cn1. The number of benzene rings is 1. The second-order valence-electron chi connectivity index (χ2n) is 6.97. The highest BCUT2D eigenvalue weighted by atomic mass is 15.2. The average Bonchev–Trinajstić information content (AvgIpc) is 3.17. The van der Waals surface area contributed by atoms with Gasteiger partial charge in [-0.15, -0.1) is 0 Å². The summed E-state index contributed by atoms with van der Waals surface area (Å²) in [4.78, 5) is 4.45. The Labute approximate surface area is 164 Å². The monoisotopic (exact) mass is 373 g/mol. The lowest BCUT2D eigenvalue weighted by molar-refractivity contribution is 0.471. The van der Waals surface area contributed by atoms with E-state index in [-0.39, 0.29) is 12.1 Å². The quantitative estimate of drug-likeness (QED) is 0.615. The maximum absolute atomic E-state index is 8.93. The molecule has 0 saturated heterocycles. The molecule has 1 aliphatic heterocycles. The normalized spacial score (nSPS) is 16.4. The third-order valence-corrected chi connectivity index (χ3v) is 4.99. The Kier molecular flexibility index (Phi) is 5.22. The summed E-state index contributed by atoms with van der Waals surface area (Å²) in [5.74, 6) is 0.876. The first-order valence-electron chi connectivity index (χ1n) is 9.39. The van der Waals surface area contributed by atoms with E-state index < -0.39 is 0 Å². The standard InChI is InChI=1S/C21H23N7/c1-28-14-17(12-26-28)20(19-13-25-18-3-2-9-24-21(18)27-19)23-10-8-15-4-6-16(11-22)7-5-15/h2-7,9,12,14,19-20,23,25H,8,10,13H2,1H3,(H,24,27)/t19-,20-/m1/s1. The van der Waals surface area contributed by atoms with E-state index in [1.165, 1.54) is 5.56 Å². The van der Waals surface area contributed by atoms with E-state index in [2.05, 4.69) is 38.3 Å². The molecule has 1 aromatic carbocycles. The summed E-state index contributed by atoms with van der Waals surface area (Å²) in [6, 6.07) is 14.1. The van der Waals surface area contributed by atoms with Crippen molar-refractivity contribution < 1.29 is 0 Å². The summed E-state index contributed by atoms with van der Waals surface area (Å²) in [6.07, 6.45) is 6.65. The van der Waals surface area contributed by atoms with Crippen molar-refractivity contribution in [1.82, 2.24) is 20.1 Å². The molecule has 0 amide bonds. The van der Waals surface area contributed by atoms with Crippen molar-refractivity contribution in [3.05, 3.63) is 71.7 Å². The molecule has 28 heavy (non-hydrogen) atoms. The largest absolute Gasteiger partial charge is 0.380 e. The second kappa shape index (κ2) is 8.11. The molecule has 3 N–H and O–H groups in total. The topological polar surface area (TPSA) is 90.6 Å². The van der Waals surface area contributed by atoms with Gasteiger partial charge in [-0.3, -0.25) is 4.68 Å². The number of fused-ring (bicyclic) bond motifs is 1. The van der Waals surface area contributed by atoms with Crippen LogP contribution in [0.5, 0.6) is 0 Å². The Bertz CT molecular complexity index is 971. The molecule has 7 nitrogen and oxygen atoms in total. The number of nitrogens with zero attached hydrogens (tertiary/aromatic N) is 4. The predicted molar refractivity (Wildman–Crippen MR) is 109 cm³/mol. The van der Waals surface area contributed by atoms with Crippen LogP contribution >= 0.6 is 0 Å². The van der Waals surface area contributed by atoms with Crippen LogP contribution in [0.15, 0.2) is 55.0 Å². The molecule has 0 fully saturated rings. The Morgan fingerprint density at radius 2 is 2.18 bits per heavy atom. The number of hydrogen-bond donors (Lipinski definition) is 3. The molecular formula is C21H23N7. The lowest BCUT2D eigenvalue weighted by Gasteiger charge is -2.33. The van der Waals surface area contributed by atoms with Crippen molar-refractivity contribution >= 4 is 11.5 Å². The van der Waals surface area contributed by atoms with Crippen LogP contribution in [0.25, 0.3) is 0 Å². The van der Waals surface area contributed by atoms with E-state index in [9.17, 15) is 0 Å². The van der Waals surface area contributed by atoms with Crippen molar-refractivity contribution in [1.29, 1.82) is 5.26 Å². The first kappa shape index (κ1) is 18.0. The van der Waals surface area contributed by atoms with E-state index >= 15 is 0 Å². The van der Waals surface area contributed by atoms with E-state index in [0.717, 1.165) is 36.6 Å². The van der Waals surface area contributed by atoms with Crippen LogP contribution in [-0.2, 0) is 13.5 Å². The molecule has 142 valence electrons. The molecule has 3 heterocycles. The highest BCUT2D eigenvalue weighted by Crippen LogP contribution is 2.28. The molecule has 0 saturated carbocycles. The van der Waals surface area contributed by atoms with Crippen molar-refractivity contribution in [2.24, 2.45) is 7.05 Å². The van der Waals surface area contributed by atoms with Crippen molar-refractivity contribution in [2.75, 3.05) is 23.7 Å². The van der Waals surface area contributed by atoms with Crippen LogP contribution in [0, 0.1) is 11.3 Å². The summed E-state index contributed by atoms with van der Waals surface area (Å²) < 4.78 is 1.83. The summed E-state index contributed by atoms with van der Waals surface area (Å²) in [6.45, 7) is 1.61.